The van der Waals surface area contributed by atoms with Crippen molar-refractivity contribution < 1.29 is 14.5 Å². The van der Waals surface area contributed by atoms with Crippen molar-refractivity contribution in [3.63, 3.8) is 0 Å². The van der Waals surface area contributed by atoms with Gasteiger partial charge in [-0.25, -0.2) is 0 Å². The summed E-state index contributed by atoms with van der Waals surface area (Å²) in [5, 5.41) is 11.7. The van der Waals surface area contributed by atoms with E-state index in [0.29, 0.717) is 22.3 Å². The number of non-ortho nitro benzene ring substituents is 1. The first-order chi connectivity index (χ1) is 11.8. The molecule has 6 heteroatoms. The van der Waals surface area contributed by atoms with Crippen molar-refractivity contribution in [2.75, 3.05) is 7.11 Å². The van der Waals surface area contributed by atoms with Crippen LogP contribution >= 0.6 is 0 Å². The molecule has 0 bridgehead atoms. The van der Waals surface area contributed by atoms with E-state index in [1.54, 1.807) is 25.3 Å². The number of benzene rings is 2. The van der Waals surface area contributed by atoms with Crippen molar-refractivity contribution in [3.8, 4) is 5.75 Å². The quantitative estimate of drug-likeness (QED) is 0.567. The van der Waals surface area contributed by atoms with Gasteiger partial charge < -0.3 is 9.72 Å². The second kappa shape index (κ2) is 4.92. The standard InChI is InChI=1S/C19H16N2O4/c1-19(2)14-9-11(25-3)5-6-12(14)17(22)16-13-8-10(21(23)24)4-7-15(13)20-18(16)19/h4-9,20H,1-3H3. The van der Waals surface area contributed by atoms with Crippen LogP contribution in [0, 0.1) is 10.1 Å². The van der Waals surface area contributed by atoms with Gasteiger partial charge in [-0.15, -0.1) is 0 Å². The molecule has 1 N–H and O–H groups in total. The van der Waals surface area contributed by atoms with E-state index in [0.717, 1.165) is 16.8 Å². The zero-order chi connectivity index (χ0) is 17.9. The molecule has 0 unspecified atom stereocenters. The van der Waals surface area contributed by atoms with Gasteiger partial charge in [0.1, 0.15) is 5.75 Å². The number of methoxy groups -OCH3 is 1. The van der Waals surface area contributed by atoms with Gasteiger partial charge in [0, 0.05) is 39.7 Å². The molecule has 0 aliphatic heterocycles. The van der Waals surface area contributed by atoms with E-state index < -0.39 is 10.3 Å². The van der Waals surface area contributed by atoms with Gasteiger partial charge in [0.2, 0.25) is 0 Å². The maximum absolute atomic E-state index is 13.1. The van der Waals surface area contributed by atoms with Crippen LogP contribution in [-0.4, -0.2) is 22.8 Å². The molecular formula is C19H16N2O4. The van der Waals surface area contributed by atoms with Crippen LogP contribution in [0.3, 0.4) is 0 Å². The highest BCUT2D eigenvalue weighted by Gasteiger charge is 2.40. The minimum atomic E-state index is -0.457. The van der Waals surface area contributed by atoms with Gasteiger partial charge in [0.05, 0.1) is 17.6 Å². The normalized spacial score (nSPS) is 14.9. The van der Waals surface area contributed by atoms with E-state index in [-0.39, 0.29) is 11.5 Å². The molecule has 0 atom stereocenters. The number of hydrogen-bond donors (Lipinski definition) is 1. The van der Waals surface area contributed by atoms with Crippen LogP contribution in [0.5, 0.6) is 5.75 Å². The fraction of sp³-hybridized carbons (Fsp3) is 0.211. The van der Waals surface area contributed by atoms with E-state index in [1.807, 2.05) is 19.9 Å². The van der Waals surface area contributed by atoms with Crippen LogP contribution in [0.15, 0.2) is 36.4 Å². The molecule has 0 spiro atoms. The molecule has 1 aliphatic rings. The molecule has 0 saturated heterocycles. The molecule has 3 aromatic rings. The number of nitro groups is 1. The van der Waals surface area contributed by atoms with Crippen molar-refractivity contribution in [2.24, 2.45) is 0 Å². The molecule has 1 aliphatic carbocycles. The number of ether oxygens (including phenoxy) is 1. The Hall–Kier alpha value is -3.15. The lowest BCUT2D eigenvalue weighted by molar-refractivity contribution is -0.384. The van der Waals surface area contributed by atoms with E-state index in [9.17, 15) is 14.9 Å². The smallest absolute Gasteiger partial charge is 0.270 e. The molecular weight excluding hydrogens is 320 g/mol. The van der Waals surface area contributed by atoms with E-state index >= 15 is 0 Å². The lowest BCUT2D eigenvalue weighted by Gasteiger charge is -2.32. The Balaban J connectivity index is 2.05. The van der Waals surface area contributed by atoms with Gasteiger partial charge >= 0.3 is 0 Å². The molecule has 0 amide bonds. The van der Waals surface area contributed by atoms with Crippen molar-refractivity contribution >= 4 is 22.4 Å². The first-order valence-corrected chi connectivity index (χ1v) is 7.88. The Bertz CT molecular complexity index is 1060. The number of hydrogen-bond acceptors (Lipinski definition) is 4. The number of carbonyl (C=O) groups excluding carboxylic acids is 1. The fourth-order valence-corrected chi connectivity index (χ4v) is 3.63. The molecule has 0 fully saturated rings. The third-order valence-electron chi connectivity index (χ3n) is 4.99. The molecule has 1 heterocycles. The average molecular weight is 336 g/mol. The van der Waals surface area contributed by atoms with Crippen LogP contribution in [0.2, 0.25) is 0 Å². The van der Waals surface area contributed by atoms with Crippen LogP contribution in [-0.2, 0) is 5.41 Å². The van der Waals surface area contributed by atoms with Crippen LogP contribution in [0.4, 0.5) is 5.69 Å². The fourth-order valence-electron chi connectivity index (χ4n) is 3.63. The highest BCUT2D eigenvalue weighted by molar-refractivity contribution is 6.20. The van der Waals surface area contributed by atoms with Crippen LogP contribution < -0.4 is 4.74 Å². The number of aromatic amines is 1. The first kappa shape index (κ1) is 15.4. The molecule has 0 radical (unpaired) electrons. The van der Waals surface area contributed by atoms with E-state index in [4.69, 9.17) is 4.74 Å². The number of carbonyl (C=O) groups is 1. The van der Waals surface area contributed by atoms with Gasteiger partial charge in [-0.2, -0.15) is 0 Å². The molecule has 126 valence electrons. The Kier molecular flexibility index (Phi) is 3.03. The van der Waals surface area contributed by atoms with Crippen molar-refractivity contribution in [1.29, 1.82) is 0 Å². The second-order valence-corrected chi connectivity index (χ2v) is 6.73. The van der Waals surface area contributed by atoms with Gasteiger partial charge in [-0.1, -0.05) is 13.8 Å². The van der Waals surface area contributed by atoms with Gasteiger partial charge in [0.15, 0.2) is 5.78 Å². The summed E-state index contributed by atoms with van der Waals surface area (Å²) in [4.78, 5) is 27.1. The molecule has 2 aromatic carbocycles. The minimum Gasteiger partial charge on any atom is -0.497 e. The third-order valence-corrected chi connectivity index (χ3v) is 4.99. The summed E-state index contributed by atoms with van der Waals surface area (Å²) in [7, 11) is 1.59. The zero-order valence-corrected chi connectivity index (χ0v) is 14.0. The number of rotatable bonds is 2. The molecule has 1 aromatic heterocycles. The topological polar surface area (TPSA) is 85.2 Å². The number of nitrogens with zero attached hydrogens (tertiary/aromatic N) is 1. The summed E-state index contributed by atoms with van der Waals surface area (Å²) in [6.07, 6.45) is 0. The summed E-state index contributed by atoms with van der Waals surface area (Å²) >= 11 is 0. The summed E-state index contributed by atoms with van der Waals surface area (Å²) in [5.41, 5.74) is 3.00. The lowest BCUT2D eigenvalue weighted by Crippen LogP contribution is -2.30. The Labute approximate surface area is 143 Å². The Morgan fingerprint density at radius 3 is 2.60 bits per heavy atom. The maximum Gasteiger partial charge on any atom is 0.270 e. The van der Waals surface area contributed by atoms with Gasteiger partial charge in [0.25, 0.3) is 5.69 Å². The predicted molar refractivity (Wildman–Crippen MR) is 93.5 cm³/mol. The van der Waals surface area contributed by atoms with Crippen molar-refractivity contribution in [1.82, 2.24) is 4.98 Å². The van der Waals surface area contributed by atoms with E-state index in [1.165, 1.54) is 12.1 Å². The highest BCUT2D eigenvalue weighted by atomic mass is 16.6. The van der Waals surface area contributed by atoms with Crippen molar-refractivity contribution in [3.05, 3.63) is 68.9 Å². The summed E-state index contributed by atoms with van der Waals surface area (Å²) < 4.78 is 5.30. The zero-order valence-electron chi connectivity index (χ0n) is 14.0. The largest absolute Gasteiger partial charge is 0.497 e. The Morgan fingerprint density at radius 2 is 1.92 bits per heavy atom. The number of fused-ring (bicyclic) bond motifs is 4. The summed E-state index contributed by atoms with van der Waals surface area (Å²) in [5.74, 6) is 0.563. The molecule has 25 heavy (non-hydrogen) atoms. The molecule has 4 rings (SSSR count). The SMILES string of the molecule is COc1ccc2c(c1)C(C)(C)c1[nH]c3ccc([N+](=O)[O-])cc3c1C2=O. The van der Waals surface area contributed by atoms with Gasteiger partial charge in [-0.05, 0) is 29.8 Å². The second-order valence-electron chi connectivity index (χ2n) is 6.73. The minimum absolute atomic E-state index is 0.0274. The predicted octanol–water partition coefficient (Wildman–Crippen LogP) is 3.96. The number of H-pyrrole nitrogens is 1. The first-order valence-electron chi connectivity index (χ1n) is 7.88. The van der Waals surface area contributed by atoms with Gasteiger partial charge in [-0.3, -0.25) is 14.9 Å². The van der Waals surface area contributed by atoms with Crippen LogP contribution in [0.1, 0.15) is 41.0 Å². The van der Waals surface area contributed by atoms with E-state index in [2.05, 4.69) is 4.98 Å². The van der Waals surface area contributed by atoms with Crippen molar-refractivity contribution in [2.45, 2.75) is 19.3 Å². The average Bonchev–Trinajstić information content (AvgIpc) is 2.99. The summed E-state index contributed by atoms with van der Waals surface area (Å²) in [6.45, 7) is 4.06. The maximum atomic E-state index is 13.1. The number of aromatic nitrogens is 1. The van der Waals surface area contributed by atoms with Crippen LogP contribution in [0.25, 0.3) is 10.9 Å². The molecule has 0 saturated carbocycles. The summed E-state index contributed by atoms with van der Waals surface area (Å²) in [6, 6.07) is 9.96. The third kappa shape index (κ3) is 2.00. The number of ketones is 1. The Morgan fingerprint density at radius 1 is 1.16 bits per heavy atom. The lowest BCUT2D eigenvalue weighted by atomic mass is 9.71. The molecule has 6 nitrogen and oxygen atoms in total. The number of nitrogens with one attached hydrogen (secondary N) is 1. The monoisotopic (exact) mass is 336 g/mol. The number of nitro benzene ring substituents is 1. The highest BCUT2D eigenvalue weighted by Crippen LogP contribution is 2.45.